The van der Waals surface area contributed by atoms with Crippen LogP contribution in [0.15, 0.2) is 0 Å². The molecular formula is C11H24N2O. The van der Waals surface area contributed by atoms with Crippen molar-refractivity contribution in [2.45, 2.75) is 39.3 Å². The van der Waals surface area contributed by atoms with Crippen molar-refractivity contribution in [3.63, 3.8) is 0 Å². The summed E-state index contributed by atoms with van der Waals surface area (Å²) in [5.74, 6) is 0.665. The molecule has 14 heavy (non-hydrogen) atoms. The van der Waals surface area contributed by atoms with E-state index in [2.05, 4.69) is 37.9 Å². The molecule has 1 saturated heterocycles. The van der Waals surface area contributed by atoms with Gasteiger partial charge in [-0.25, -0.2) is 0 Å². The molecule has 0 aromatic rings. The number of rotatable bonds is 3. The Hall–Kier alpha value is -0.120. The summed E-state index contributed by atoms with van der Waals surface area (Å²) < 4.78 is 0. The van der Waals surface area contributed by atoms with Gasteiger partial charge >= 0.3 is 0 Å². The van der Waals surface area contributed by atoms with Gasteiger partial charge in [-0.3, -0.25) is 4.90 Å². The maximum absolute atomic E-state index is 9.26. The van der Waals surface area contributed by atoms with Crippen LogP contribution in [0.4, 0.5) is 0 Å². The fourth-order valence-electron chi connectivity index (χ4n) is 2.08. The van der Waals surface area contributed by atoms with Gasteiger partial charge in [-0.1, -0.05) is 13.8 Å². The van der Waals surface area contributed by atoms with Crippen molar-refractivity contribution in [3.05, 3.63) is 0 Å². The molecule has 1 aliphatic rings. The van der Waals surface area contributed by atoms with E-state index in [-0.39, 0.29) is 12.1 Å². The number of aliphatic hydroxyl groups is 1. The lowest BCUT2D eigenvalue weighted by molar-refractivity contribution is 0.0488. The van der Waals surface area contributed by atoms with Gasteiger partial charge in [-0.05, 0) is 19.8 Å². The zero-order valence-electron chi connectivity index (χ0n) is 9.88. The minimum atomic E-state index is 0.181. The van der Waals surface area contributed by atoms with Gasteiger partial charge in [0.1, 0.15) is 0 Å². The van der Waals surface area contributed by atoms with Crippen LogP contribution in [0, 0.1) is 5.92 Å². The second-order valence-corrected chi connectivity index (χ2v) is 5.42. The van der Waals surface area contributed by atoms with Gasteiger partial charge < -0.3 is 10.4 Å². The molecule has 0 aromatic carbocycles. The van der Waals surface area contributed by atoms with Crippen molar-refractivity contribution >= 4 is 0 Å². The third-order valence-corrected chi connectivity index (χ3v) is 2.74. The quantitative estimate of drug-likeness (QED) is 0.703. The smallest absolute Gasteiger partial charge is 0.0599 e. The molecule has 0 saturated carbocycles. The highest BCUT2D eigenvalue weighted by atomic mass is 16.3. The lowest BCUT2D eigenvalue weighted by Crippen LogP contribution is -2.63. The Balaban J connectivity index is 2.56. The Morgan fingerprint density at radius 2 is 2.14 bits per heavy atom. The molecule has 3 nitrogen and oxygen atoms in total. The average Bonchev–Trinajstić information content (AvgIpc) is 2.01. The van der Waals surface area contributed by atoms with Gasteiger partial charge in [0.15, 0.2) is 0 Å². The van der Waals surface area contributed by atoms with E-state index in [0.29, 0.717) is 12.0 Å². The first kappa shape index (κ1) is 12.0. The standard InChI is InChI=1S/C11H24N2O/c1-9(2)6-13-8-11(3,4)12-5-10(13)7-14/h9-10,12,14H,5-8H2,1-4H3. The van der Waals surface area contributed by atoms with Crippen LogP contribution in [0.5, 0.6) is 0 Å². The minimum absolute atomic E-state index is 0.181. The number of nitrogens with zero attached hydrogens (tertiary/aromatic N) is 1. The Bertz CT molecular complexity index is 180. The number of hydrogen-bond acceptors (Lipinski definition) is 3. The summed E-state index contributed by atoms with van der Waals surface area (Å²) in [4.78, 5) is 2.40. The molecule has 1 atom stereocenters. The van der Waals surface area contributed by atoms with E-state index >= 15 is 0 Å². The predicted molar refractivity (Wildman–Crippen MR) is 59.4 cm³/mol. The van der Waals surface area contributed by atoms with Crippen LogP contribution in [0.3, 0.4) is 0 Å². The molecule has 1 fully saturated rings. The molecule has 1 rings (SSSR count). The van der Waals surface area contributed by atoms with Crippen LogP contribution in [-0.2, 0) is 0 Å². The lowest BCUT2D eigenvalue weighted by atomic mass is 9.98. The topological polar surface area (TPSA) is 35.5 Å². The maximum Gasteiger partial charge on any atom is 0.0599 e. The number of aliphatic hydroxyl groups excluding tert-OH is 1. The van der Waals surface area contributed by atoms with Crippen LogP contribution >= 0.6 is 0 Å². The van der Waals surface area contributed by atoms with Gasteiger partial charge in [0, 0.05) is 31.2 Å². The summed E-state index contributed by atoms with van der Waals surface area (Å²) in [6.45, 7) is 12.1. The lowest BCUT2D eigenvalue weighted by Gasteiger charge is -2.44. The van der Waals surface area contributed by atoms with Crippen LogP contribution < -0.4 is 5.32 Å². The van der Waals surface area contributed by atoms with Crippen LogP contribution in [-0.4, -0.2) is 47.8 Å². The van der Waals surface area contributed by atoms with Crippen LogP contribution in [0.1, 0.15) is 27.7 Å². The molecule has 0 aliphatic carbocycles. The fourth-order valence-corrected chi connectivity index (χ4v) is 2.08. The summed E-state index contributed by atoms with van der Waals surface area (Å²) in [7, 11) is 0. The normalized spacial score (nSPS) is 28.3. The maximum atomic E-state index is 9.26. The SMILES string of the molecule is CC(C)CN1CC(C)(C)NCC1CO. The second kappa shape index (κ2) is 4.60. The molecule has 84 valence electrons. The molecule has 0 spiro atoms. The van der Waals surface area contributed by atoms with Crippen molar-refractivity contribution in [1.82, 2.24) is 10.2 Å². The van der Waals surface area contributed by atoms with Crippen LogP contribution in [0.2, 0.25) is 0 Å². The third-order valence-electron chi connectivity index (χ3n) is 2.74. The number of nitrogens with one attached hydrogen (secondary N) is 1. The Morgan fingerprint density at radius 1 is 1.50 bits per heavy atom. The number of piperazine rings is 1. The molecule has 1 unspecified atom stereocenters. The van der Waals surface area contributed by atoms with Crippen molar-refractivity contribution in [3.8, 4) is 0 Å². The molecule has 0 radical (unpaired) electrons. The van der Waals surface area contributed by atoms with Crippen molar-refractivity contribution < 1.29 is 5.11 Å². The van der Waals surface area contributed by atoms with Gasteiger partial charge in [-0.2, -0.15) is 0 Å². The highest BCUT2D eigenvalue weighted by Crippen LogP contribution is 2.16. The molecular weight excluding hydrogens is 176 g/mol. The average molecular weight is 200 g/mol. The molecule has 2 N–H and O–H groups in total. The highest BCUT2D eigenvalue weighted by molar-refractivity contribution is 4.92. The summed E-state index contributed by atoms with van der Waals surface area (Å²) in [6, 6.07) is 0.297. The highest BCUT2D eigenvalue weighted by Gasteiger charge is 2.31. The zero-order valence-corrected chi connectivity index (χ0v) is 9.88. The molecule has 3 heteroatoms. The summed E-state index contributed by atoms with van der Waals surface area (Å²) in [6.07, 6.45) is 0. The molecule has 0 bridgehead atoms. The van der Waals surface area contributed by atoms with E-state index in [9.17, 15) is 5.11 Å². The molecule has 1 heterocycles. The van der Waals surface area contributed by atoms with Gasteiger partial charge in [0.05, 0.1) is 6.61 Å². The summed E-state index contributed by atoms with van der Waals surface area (Å²) >= 11 is 0. The van der Waals surface area contributed by atoms with Crippen LogP contribution in [0.25, 0.3) is 0 Å². The van der Waals surface area contributed by atoms with Crippen molar-refractivity contribution in [2.75, 3.05) is 26.2 Å². The second-order valence-electron chi connectivity index (χ2n) is 5.42. The van der Waals surface area contributed by atoms with E-state index in [1.54, 1.807) is 0 Å². The Labute approximate surface area is 87.5 Å². The molecule has 0 amide bonds. The largest absolute Gasteiger partial charge is 0.395 e. The van der Waals surface area contributed by atoms with Gasteiger partial charge in [0.25, 0.3) is 0 Å². The van der Waals surface area contributed by atoms with E-state index in [1.807, 2.05) is 0 Å². The first-order valence-corrected chi connectivity index (χ1v) is 5.54. The Morgan fingerprint density at radius 3 is 2.64 bits per heavy atom. The first-order valence-electron chi connectivity index (χ1n) is 5.54. The monoisotopic (exact) mass is 200 g/mol. The van der Waals surface area contributed by atoms with E-state index < -0.39 is 0 Å². The van der Waals surface area contributed by atoms with Crippen molar-refractivity contribution in [1.29, 1.82) is 0 Å². The number of hydrogen-bond donors (Lipinski definition) is 2. The third kappa shape index (κ3) is 3.23. The van der Waals surface area contributed by atoms with Gasteiger partial charge in [-0.15, -0.1) is 0 Å². The summed E-state index contributed by atoms with van der Waals surface area (Å²) in [5.41, 5.74) is 0.181. The Kier molecular flexibility index (Phi) is 3.93. The van der Waals surface area contributed by atoms with Gasteiger partial charge in [0.2, 0.25) is 0 Å². The minimum Gasteiger partial charge on any atom is -0.395 e. The molecule has 1 aliphatic heterocycles. The summed E-state index contributed by atoms with van der Waals surface area (Å²) in [5, 5.41) is 12.7. The van der Waals surface area contributed by atoms with E-state index in [0.717, 1.165) is 19.6 Å². The zero-order chi connectivity index (χ0) is 10.8. The van der Waals surface area contributed by atoms with Crippen molar-refractivity contribution in [2.24, 2.45) is 5.92 Å². The molecule has 0 aromatic heterocycles. The fraction of sp³-hybridized carbons (Fsp3) is 1.00. The van der Waals surface area contributed by atoms with E-state index in [4.69, 9.17) is 0 Å². The predicted octanol–water partition coefficient (Wildman–Crippen LogP) is 0.687. The first-order chi connectivity index (χ1) is 6.44. The van der Waals surface area contributed by atoms with E-state index in [1.165, 1.54) is 0 Å².